The lowest BCUT2D eigenvalue weighted by molar-refractivity contribution is -0.136. The Morgan fingerprint density at radius 1 is 1.44 bits per heavy atom. The van der Waals surface area contributed by atoms with Gasteiger partial charge in [-0.15, -0.1) is 12.4 Å². The van der Waals surface area contributed by atoms with Gasteiger partial charge in [0.1, 0.15) is 0 Å². The fourth-order valence-electron chi connectivity index (χ4n) is 1.49. The highest BCUT2D eigenvalue weighted by Gasteiger charge is 2.27. The van der Waals surface area contributed by atoms with Crippen molar-refractivity contribution in [2.75, 3.05) is 33.7 Å². The second-order valence-corrected chi connectivity index (χ2v) is 3.89. The van der Waals surface area contributed by atoms with Crippen molar-refractivity contribution in [2.24, 2.45) is 5.92 Å². The van der Waals surface area contributed by atoms with Crippen molar-refractivity contribution < 1.29 is 9.59 Å². The molecule has 1 fully saturated rings. The predicted molar refractivity (Wildman–Crippen MR) is 64.5 cm³/mol. The molecule has 0 saturated carbocycles. The molecule has 0 unspecified atom stereocenters. The second-order valence-electron chi connectivity index (χ2n) is 3.89. The standard InChI is InChI=1S/C10H19N3O2.ClH/c1-11-9(14)4-3-5-13(2)10(15)8-6-12-7-8;/h8,12H,3-7H2,1-2H3,(H,11,14);1H. The SMILES string of the molecule is CNC(=O)CCCN(C)C(=O)C1CNC1.Cl. The fourth-order valence-corrected chi connectivity index (χ4v) is 1.49. The first kappa shape index (κ1) is 15.2. The van der Waals surface area contributed by atoms with Gasteiger partial charge in [0.05, 0.1) is 5.92 Å². The van der Waals surface area contributed by atoms with Gasteiger partial charge in [0.15, 0.2) is 0 Å². The van der Waals surface area contributed by atoms with Crippen molar-refractivity contribution in [1.29, 1.82) is 0 Å². The molecule has 1 saturated heterocycles. The lowest BCUT2D eigenvalue weighted by atomic mass is 10.0. The van der Waals surface area contributed by atoms with Gasteiger partial charge in [0.2, 0.25) is 11.8 Å². The number of nitrogens with zero attached hydrogens (tertiary/aromatic N) is 1. The first-order valence-corrected chi connectivity index (χ1v) is 5.31. The molecule has 2 amide bonds. The van der Waals surface area contributed by atoms with E-state index in [0.717, 1.165) is 19.5 Å². The first-order valence-electron chi connectivity index (χ1n) is 5.31. The van der Waals surface area contributed by atoms with Gasteiger partial charge in [0, 0.05) is 40.2 Å². The first-order chi connectivity index (χ1) is 7.15. The second kappa shape index (κ2) is 7.46. The summed E-state index contributed by atoms with van der Waals surface area (Å²) in [5, 5.41) is 5.63. The van der Waals surface area contributed by atoms with Crippen LogP contribution in [0.3, 0.4) is 0 Å². The highest BCUT2D eigenvalue weighted by molar-refractivity contribution is 5.85. The van der Waals surface area contributed by atoms with E-state index in [0.29, 0.717) is 13.0 Å². The minimum Gasteiger partial charge on any atom is -0.359 e. The number of amides is 2. The van der Waals surface area contributed by atoms with Crippen LogP contribution in [0.1, 0.15) is 12.8 Å². The van der Waals surface area contributed by atoms with Crippen molar-refractivity contribution in [3.63, 3.8) is 0 Å². The van der Waals surface area contributed by atoms with Gasteiger partial charge in [0.25, 0.3) is 0 Å². The number of carbonyl (C=O) groups excluding carboxylic acids is 2. The molecule has 0 bridgehead atoms. The minimum absolute atomic E-state index is 0. The summed E-state index contributed by atoms with van der Waals surface area (Å²) in [4.78, 5) is 24.3. The Morgan fingerprint density at radius 3 is 2.50 bits per heavy atom. The molecule has 94 valence electrons. The van der Waals surface area contributed by atoms with E-state index < -0.39 is 0 Å². The van der Waals surface area contributed by atoms with E-state index in [2.05, 4.69) is 10.6 Å². The molecule has 0 spiro atoms. The molecule has 16 heavy (non-hydrogen) atoms. The van der Waals surface area contributed by atoms with Gasteiger partial charge < -0.3 is 15.5 Å². The van der Waals surface area contributed by atoms with Crippen LogP contribution in [0.4, 0.5) is 0 Å². The zero-order valence-corrected chi connectivity index (χ0v) is 10.6. The third kappa shape index (κ3) is 4.37. The van der Waals surface area contributed by atoms with Crippen LogP contribution in [-0.4, -0.2) is 50.4 Å². The number of halogens is 1. The molecule has 0 aliphatic carbocycles. The summed E-state index contributed by atoms with van der Waals surface area (Å²) < 4.78 is 0. The summed E-state index contributed by atoms with van der Waals surface area (Å²) in [5.41, 5.74) is 0. The van der Waals surface area contributed by atoms with E-state index in [1.54, 1.807) is 19.0 Å². The Hall–Kier alpha value is -0.810. The van der Waals surface area contributed by atoms with Crippen LogP contribution < -0.4 is 10.6 Å². The van der Waals surface area contributed by atoms with Crippen LogP contribution in [-0.2, 0) is 9.59 Å². The van der Waals surface area contributed by atoms with E-state index in [4.69, 9.17) is 0 Å². The highest BCUT2D eigenvalue weighted by atomic mass is 35.5. The molecular formula is C10H20ClN3O2. The van der Waals surface area contributed by atoms with Crippen molar-refractivity contribution in [1.82, 2.24) is 15.5 Å². The molecule has 0 radical (unpaired) electrons. The van der Waals surface area contributed by atoms with Crippen molar-refractivity contribution in [3.05, 3.63) is 0 Å². The molecule has 1 rings (SSSR count). The van der Waals surface area contributed by atoms with E-state index in [9.17, 15) is 9.59 Å². The number of hydrogen-bond acceptors (Lipinski definition) is 3. The molecule has 0 aromatic carbocycles. The van der Waals surface area contributed by atoms with Crippen LogP contribution >= 0.6 is 12.4 Å². The average molecular weight is 250 g/mol. The molecule has 6 heteroatoms. The van der Waals surface area contributed by atoms with E-state index in [1.165, 1.54) is 0 Å². The fraction of sp³-hybridized carbons (Fsp3) is 0.800. The Balaban J connectivity index is 0.00000225. The summed E-state index contributed by atoms with van der Waals surface area (Å²) in [6, 6.07) is 0. The van der Waals surface area contributed by atoms with Gasteiger partial charge in [-0.05, 0) is 6.42 Å². The maximum absolute atomic E-state index is 11.7. The molecule has 5 nitrogen and oxygen atoms in total. The van der Waals surface area contributed by atoms with Crippen LogP contribution in [0.15, 0.2) is 0 Å². The molecular weight excluding hydrogens is 230 g/mol. The van der Waals surface area contributed by atoms with Crippen molar-refractivity contribution in [2.45, 2.75) is 12.8 Å². The molecule has 0 aromatic rings. The van der Waals surface area contributed by atoms with Crippen LogP contribution in [0, 0.1) is 5.92 Å². The molecule has 0 atom stereocenters. The van der Waals surface area contributed by atoms with Gasteiger partial charge >= 0.3 is 0 Å². The largest absolute Gasteiger partial charge is 0.359 e. The number of carbonyl (C=O) groups is 2. The van der Waals surface area contributed by atoms with Crippen molar-refractivity contribution >= 4 is 24.2 Å². The lowest BCUT2D eigenvalue weighted by Crippen LogP contribution is -2.51. The van der Waals surface area contributed by atoms with Gasteiger partial charge in [-0.2, -0.15) is 0 Å². The molecule has 1 heterocycles. The Morgan fingerprint density at radius 2 is 2.06 bits per heavy atom. The Labute approximate surface area is 102 Å². The maximum Gasteiger partial charge on any atom is 0.227 e. The molecule has 0 aromatic heterocycles. The van der Waals surface area contributed by atoms with E-state index in [-0.39, 0.29) is 30.1 Å². The zero-order chi connectivity index (χ0) is 11.3. The van der Waals surface area contributed by atoms with Crippen molar-refractivity contribution in [3.8, 4) is 0 Å². The van der Waals surface area contributed by atoms with Crippen LogP contribution in [0.5, 0.6) is 0 Å². The highest BCUT2D eigenvalue weighted by Crippen LogP contribution is 2.07. The Bertz CT molecular complexity index is 244. The topological polar surface area (TPSA) is 61.4 Å². The monoisotopic (exact) mass is 249 g/mol. The summed E-state index contributed by atoms with van der Waals surface area (Å²) in [6.45, 7) is 2.24. The van der Waals surface area contributed by atoms with Gasteiger partial charge in [-0.25, -0.2) is 0 Å². The van der Waals surface area contributed by atoms with Crippen LogP contribution in [0.2, 0.25) is 0 Å². The van der Waals surface area contributed by atoms with Crippen LogP contribution in [0.25, 0.3) is 0 Å². The summed E-state index contributed by atoms with van der Waals surface area (Å²) in [5.74, 6) is 0.363. The van der Waals surface area contributed by atoms with Gasteiger partial charge in [-0.3, -0.25) is 9.59 Å². The summed E-state index contributed by atoms with van der Waals surface area (Å²) in [6.07, 6.45) is 1.21. The zero-order valence-electron chi connectivity index (χ0n) is 9.78. The maximum atomic E-state index is 11.7. The minimum atomic E-state index is 0. The molecule has 1 aliphatic rings. The third-order valence-electron chi connectivity index (χ3n) is 2.68. The van der Waals surface area contributed by atoms with E-state index in [1.807, 2.05) is 0 Å². The third-order valence-corrected chi connectivity index (χ3v) is 2.68. The lowest BCUT2D eigenvalue weighted by Gasteiger charge is -2.30. The average Bonchev–Trinajstić information content (AvgIpc) is 2.14. The number of nitrogens with one attached hydrogen (secondary N) is 2. The molecule has 2 N–H and O–H groups in total. The summed E-state index contributed by atoms with van der Waals surface area (Å²) in [7, 11) is 3.42. The smallest absolute Gasteiger partial charge is 0.227 e. The summed E-state index contributed by atoms with van der Waals surface area (Å²) >= 11 is 0. The predicted octanol–water partition coefficient (Wildman–Crippen LogP) is -0.388. The molecule has 1 aliphatic heterocycles. The van der Waals surface area contributed by atoms with E-state index >= 15 is 0 Å². The quantitative estimate of drug-likeness (QED) is 0.698. The van der Waals surface area contributed by atoms with Gasteiger partial charge in [-0.1, -0.05) is 0 Å². The normalized spacial score (nSPS) is 14.6. The number of rotatable bonds is 5. The number of hydrogen-bond donors (Lipinski definition) is 2. The Kier molecular flexibility index (Phi) is 7.08.